The zero-order valence-electron chi connectivity index (χ0n) is 10.9. The summed E-state index contributed by atoms with van der Waals surface area (Å²) in [5.41, 5.74) is 2.13. The number of nitrogens with one attached hydrogen (secondary N) is 2. The molecule has 0 saturated carbocycles. The topological polar surface area (TPSA) is 71.8 Å². The predicted molar refractivity (Wildman–Crippen MR) is 78.8 cm³/mol. The standard InChI is InChI=1S/C13H14BrN5O/c1-8-2-9(14)4-10(3-8)16-13(20)12-7-19(18-17-12)11-5-15-6-11/h2-4,7,11,15H,5-6H2,1H3,(H,16,20). The van der Waals surface area contributed by atoms with Gasteiger partial charge in [-0.2, -0.15) is 0 Å². The van der Waals surface area contributed by atoms with Crippen molar-refractivity contribution < 1.29 is 4.79 Å². The van der Waals surface area contributed by atoms with Crippen molar-refractivity contribution in [2.24, 2.45) is 0 Å². The summed E-state index contributed by atoms with van der Waals surface area (Å²) in [4.78, 5) is 12.1. The van der Waals surface area contributed by atoms with Crippen molar-refractivity contribution in [3.8, 4) is 0 Å². The summed E-state index contributed by atoms with van der Waals surface area (Å²) >= 11 is 3.41. The Hall–Kier alpha value is -1.73. The third-order valence-electron chi connectivity index (χ3n) is 3.18. The maximum atomic E-state index is 12.1. The van der Waals surface area contributed by atoms with Crippen molar-refractivity contribution in [3.63, 3.8) is 0 Å². The first-order valence-corrected chi connectivity index (χ1v) is 7.12. The van der Waals surface area contributed by atoms with E-state index >= 15 is 0 Å². The van der Waals surface area contributed by atoms with Gasteiger partial charge in [-0.1, -0.05) is 21.1 Å². The zero-order valence-corrected chi connectivity index (χ0v) is 12.5. The van der Waals surface area contributed by atoms with Gasteiger partial charge in [-0.25, -0.2) is 4.68 Å². The van der Waals surface area contributed by atoms with Gasteiger partial charge in [0.2, 0.25) is 0 Å². The molecule has 0 radical (unpaired) electrons. The van der Waals surface area contributed by atoms with Gasteiger partial charge in [0, 0.05) is 23.2 Å². The molecule has 2 aromatic rings. The summed E-state index contributed by atoms with van der Waals surface area (Å²) in [5.74, 6) is -0.249. The lowest BCUT2D eigenvalue weighted by Crippen LogP contribution is -2.43. The predicted octanol–water partition coefficient (Wildman–Crippen LogP) is 1.75. The minimum Gasteiger partial charge on any atom is -0.320 e. The quantitative estimate of drug-likeness (QED) is 0.896. The molecule has 1 aromatic heterocycles. The highest BCUT2D eigenvalue weighted by Crippen LogP contribution is 2.19. The van der Waals surface area contributed by atoms with Gasteiger partial charge in [-0.05, 0) is 30.7 Å². The number of benzene rings is 1. The second-order valence-electron chi connectivity index (χ2n) is 4.87. The van der Waals surface area contributed by atoms with Gasteiger partial charge in [0.05, 0.1) is 12.2 Å². The number of halogens is 1. The molecule has 1 aliphatic heterocycles. The van der Waals surface area contributed by atoms with Crippen molar-refractivity contribution >= 4 is 27.5 Å². The summed E-state index contributed by atoms with van der Waals surface area (Å²) in [6, 6.07) is 6.04. The van der Waals surface area contributed by atoms with E-state index < -0.39 is 0 Å². The Morgan fingerprint density at radius 1 is 1.45 bits per heavy atom. The SMILES string of the molecule is Cc1cc(Br)cc(NC(=O)c2cn(C3CNC3)nn2)c1. The van der Waals surface area contributed by atoms with E-state index in [0.29, 0.717) is 11.7 Å². The van der Waals surface area contributed by atoms with Crippen LogP contribution in [0.4, 0.5) is 5.69 Å². The van der Waals surface area contributed by atoms with Gasteiger partial charge in [0.25, 0.3) is 5.91 Å². The lowest BCUT2D eigenvalue weighted by molar-refractivity contribution is 0.102. The molecule has 3 rings (SSSR count). The Kier molecular flexibility index (Phi) is 3.54. The largest absolute Gasteiger partial charge is 0.320 e. The summed E-state index contributed by atoms with van der Waals surface area (Å²) in [6.07, 6.45) is 1.69. The van der Waals surface area contributed by atoms with E-state index in [4.69, 9.17) is 0 Å². The third kappa shape index (κ3) is 2.73. The first-order valence-electron chi connectivity index (χ1n) is 6.33. The van der Waals surface area contributed by atoms with Crippen LogP contribution in [-0.4, -0.2) is 34.0 Å². The molecule has 0 spiro atoms. The lowest BCUT2D eigenvalue weighted by atomic mass is 10.2. The monoisotopic (exact) mass is 335 g/mol. The van der Waals surface area contributed by atoms with Crippen molar-refractivity contribution in [2.45, 2.75) is 13.0 Å². The average molecular weight is 336 g/mol. The molecule has 1 fully saturated rings. The fourth-order valence-electron chi connectivity index (χ4n) is 2.02. The number of aromatic nitrogens is 3. The van der Waals surface area contributed by atoms with E-state index in [0.717, 1.165) is 28.8 Å². The highest BCUT2D eigenvalue weighted by Gasteiger charge is 2.21. The van der Waals surface area contributed by atoms with E-state index in [1.165, 1.54) is 0 Å². The van der Waals surface area contributed by atoms with Crippen LogP contribution in [0.5, 0.6) is 0 Å². The van der Waals surface area contributed by atoms with Crippen LogP contribution in [0.2, 0.25) is 0 Å². The molecule has 104 valence electrons. The van der Waals surface area contributed by atoms with Crippen LogP contribution in [0.1, 0.15) is 22.1 Å². The highest BCUT2D eigenvalue weighted by molar-refractivity contribution is 9.10. The highest BCUT2D eigenvalue weighted by atomic mass is 79.9. The van der Waals surface area contributed by atoms with Crippen LogP contribution >= 0.6 is 15.9 Å². The summed E-state index contributed by atoms with van der Waals surface area (Å²) in [6.45, 7) is 3.71. The smallest absolute Gasteiger partial charge is 0.277 e. The van der Waals surface area contributed by atoms with Crippen molar-refractivity contribution in [1.29, 1.82) is 0 Å². The van der Waals surface area contributed by atoms with Crippen LogP contribution in [0.15, 0.2) is 28.9 Å². The normalized spacial score (nSPS) is 14.9. The number of aryl methyl sites for hydroxylation is 1. The Morgan fingerprint density at radius 3 is 2.90 bits per heavy atom. The molecule has 0 atom stereocenters. The second-order valence-corrected chi connectivity index (χ2v) is 5.78. The minimum absolute atomic E-state index is 0.249. The Labute approximate surface area is 124 Å². The number of rotatable bonds is 3. The first-order chi connectivity index (χ1) is 9.61. The molecule has 0 unspecified atom stereocenters. The van der Waals surface area contributed by atoms with Gasteiger partial charge in [-0.15, -0.1) is 5.10 Å². The molecular weight excluding hydrogens is 322 g/mol. The van der Waals surface area contributed by atoms with Crippen molar-refractivity contribution in [1.82, 2.24) is 20.3 Å². The van der Waals surface area contributed by atoms with E-state index in [1.807, 2.05) is 25.1 Å². The number of carbonyl (C=O) groups excluding carboxylic acids is 1. The van der Waals surface area contributed by atoms with Gasteiger partial charge in [-0.3, -0.25) is 4.79 Å². The molecule has 2 N–H and O–H groups in total. The number of nitrogens with zero attached hydrogens (tertiary/aromatic N) is 3. The summed E-state index contributed by atoms with van der Waals surface area (Å²) in [7, 11) is 0. The number of hydrogen-bond donors (Lipinski definition) is 2. The number of hydrogen-bond acceptors (Lipinski definition) is 4. The van der Waals surface area contributed by atoms with Gasteiger partial charge in [0.1, 0.15) is 0 Å². The molecule has 7 heteroatoms. The van der Waals surface area contributed by atoms with E-state index in [-0.39, 0.29) is 5.91 Å². The molecule has 0 bridgehead atoms. The Bertz CT molecular complexity index is 630. The fraction of sp³-hybridized carbons (Fsp3) is 0.308. The molecular formula is C13H14BrN5O. The van der Waals surface area contributed by atoms with Crippen molar-refractivity contribution in [3.05, 3.63) is 40.1 Å². The Morgan fingerprint density at radius 2 is 2.25 bits per heavy atom. The maximum absolute atomic E-state index is 12.1. The average Bonchev–Trinajstić information content (AvgIpc) is 2.74. The van der Waals surface area contributed by atoms with E-state index in [9.17, 15) is 4.79 Å². The lowest BCUT2D eigenvalue weighted by Gasteiger charge is -2.26. The first kappa shape index (κ1) is 13.3. The van der Waals surface area contributed by atoms with Gasteiger partial charge >= 0.3 is 0 Å². The Balaban J connectivity index is 1.73. The molecule has 1 saturated heterocycles. The zero-order chi connectivity index (χ0) is 14.1. The summed E-state index contributed by atoms with van der Waals surface area (Å²) in [5, 5.41) is 13.9. The van der Waals surface area contributed by atoms with Crippen LogP contribution in [0, 0.1) is 6.92 Å². The fourth-order valence-corrected chi connectivity index (χ4v) is 2.63. The minimum atomic E-state index is -0.249. The molecule has 2 heterocycles. The second kappa shape index (κ2) is 5.34. The van der Waals surface area contributed by atoms with E-state index in [2.05, 4.69) is 36.9 Å². The van der Waals surface area contributed by atoms with Crippen molar-refractivity contribution in [2.75, 3.05) is 18.4 Å². The molecule has 6 nitrogen and oxygen atoms in total. The third-order valence-corrected chi connectivity index (χ3v) is 3.63. The molecule has 0 aliphatic carbocycles. The molecule has 1 aromatic carbocycles. The van der Waals surface area contributed by atoms with E-state index in [1.54, 1.807) is 10.9 Å². The number of anilines is 1. The van der Waals surface area contributed by atoms with Crippen LogP contribution in [0.3, 0.4) is 0 Å². The van der Waals surface area contributed by atoms with Gasteiger partial charge in [0.15, 0.2) is 5.69 Å². The van der Waals surface area contributed by atoms with Crippen LogP contribution in [0.25, 0.3) is 0 Å². The van der Waals surface area contributed by atoms with Crippen LogP contribution < -0.4 is 10.6 Å². The molecule has 20 heavy (non-hydrogen) atoms. The summed E-state index contributed by atoms with van der Waals surface area (Å²) < 4.78 is 2.66. The molecule has 1 aliphatic rings. The van der Waals surface area contributed by atoms with Crippen LogP contribution in [-0.2, 0) is 0 Å². The van der Waals surface area contributed by atoms with Gasteiger partial charge < -0.3 is 10.6 Å². The number of carbonyl (C=O) groups is 1. The maximum Gasteiger partial charge on any atom is 0.277 e. The molecule has 1 amide bonds. The number of amides is 1.